The van der Waals surface area contributed by atoms with Crippen LogP contribution in [0.15, 0.2) is 24.3 Å². The Morgan fingerprint density at radius 2 is 1.95 bits per heavy atom. The lowest BCUT2D eigenvalue weighted by atomic mass is 10.1. The Labute approximate surface area is 112 Å². The highest BCUT2D eigenvalue weighted by Crippen LogP contribution is 2.34. The van der Waals surface area contributed by atoms with Crippen molar-refractivity contribution in [2.75, 3.05) is 11.4 Å². The summed E-state index contributed by atoms with van der Waals surface area (Å²) in [4.78, 5) is 11.4. The van der Waals surface area contributed by atoms with E-state index in [1.165, 1.54) is 29.2 Å². The average Bonchev–Trinajstić information content (AvgIpc) is 2.85. The Hall–Kier alpha value is -1.83. The molecule has 2 rings (SSSR count). The fourth-order valence-electron chi connectivity index (χ4n) is 2.43. The summed E-state index contributed by atoms with van der Waals surface area (Å²) in [5.74, 6) is 0. The molecule has 5 nitrogen and oxygen atoms in total. The van der Waals surface area contributed by atoms with Crippen LogP contribution in [0.2, 0.25) is 0 Å². The van der Waals surface area contributed by atoms with Crippen molar-refractivity contribution in [2.24, 2.45) is 0 Å². The van der Waals surface area contributed by atoms with E-state index in [0.29, 0.717) is 18.7 Å². The maximum absolute atomic E-state index is 12.6. The van der Waals surface area contributed by atoms with Crippen LogP contribution < -0.4 is 4.90 Å². The van der Waals surface area contributed by atoms with Crippen LogP contribution in [0, 0.1) is 10.1 Å². The van der Waals surface area contributed by atoms with E-state index in [0.717, 1.165) is 0 Å². The number of anilines is 1. The molecule has 0 aromatic heterocycles. The van der Waals surface area contributed by atoms with Crippen LogP contribution in [0.1, 0.15) is 12.8 Å². The molecule has 1 aliphatic heterocycles. The van der Waals surface area contributed by atoms with Crippen LogP contribution in [0.4, 0.5) is 24.5 Å². The summed E-state index contributed by atoms with van der Waals surface area (Å²) in [7, 11) is 0. The summed E-state index contributed by atoms with van der Waals surface area (Å²) in [6, 6.07) is 4.24. The van der Waals surface area contributed by atoms with Gasteiger partial charge in [-0.25, -0.2) is 0 Å². The predicted molar refractivity (Wildman–Crippen MR) is 65.5 cm³/mol. The van der Waals surface area contributed by atoms with Gasteiger partial charge >= 0.3 is 6.18 Å². The Kier molecular flexibility index (Phi) is 3.85. The molecule has 1 heterocycles. The van der Waals surface area contributed by atoms with Gasteiger partial charge in [0.2, 0.25) is 0 Å². The van der Waals surface area contributed by atoms with Gasteiger partial charge in [0.05, 0.1) is 11.0 Å². The third kappa shape index (κ3) is 2.84. The number of nitro benzene ring substituents is 1. The highest BCUT2D eigenvalue weighted by molar-refractivity contribution is 5.52. The number of alkyl halides is 3. The van der Waals surface area contributed by atoms with Crippen LogP contribution in [0.25, 0.3) is 0 Å². The zero-order valence-corrected chi connectivity index (χ0v) is 10.4. The van der Waals surface area contributed by atoms with Crippen molar-refractivity contribution in [1.29, 1.82) is 0 Å². The van der Waals surface area contributed by atoms with E-state index in [4.69, 9.17) is 0 Å². The van der Waals surface area contributed by atoms with Crippen LogP contribution in [-0.2, 0) is 0 Å². The first-order valence-corrected chi connectivity index (χ1v) is 6.06. The standard InChI is InChI=1S/C12H13F3N2O3/c13-12(14,15)11(18)10-2-1-7-16(10)8-3-5-9(6-4-8)17(19)20/h3-6,10-11,18H,1-2,7H2/t10-,11?/m0/s1. The summed E-state index contributed by atoms with van der Waals surface area (Å²) in [5.41, 5.74) is 0.322. The summed E-state index contributed by atoms with van der Waals surface area (Å²) in [6.07, 6.45) is -6.32. The highest BCUT2D eigenvalue weighted by Gasteiger charge is 2.47. The number of non-ortho nitro benzene ring substituents is 1. The minimum atomic E-state index is -4.67. The van der Waals surface area contributed by atoms with Gasteiger partial charge in [-0.1, -0.05) is 0 Å². The van der Waals surface area contributed by atoms with Gasteiger partial charge in [-0.15, -0.1) is 0 Å². The van der Waals surface area contributed by atoms with Gasteiger partial charge < -0.3 is 10.0 Å². The average molecular weight is 290 g/mol. The first-order valence-electron chi connectivity index (χ1n) is 6.06. The van der Waals surface area contributed by atoms with E-state index in [-0.39, 0.29) is 12.1 Å². The van der Waals surface area contributed by atoms with E-state index in [1.807, 2.05) is 0 Å². The van der Waals surface area contributed by atoms with Crippen molar-refractivity contribution in [3.05, 3.63) is 34.4 Å². The van der Waals surface area contributed by atoms with Crippen molar-refractivity contribution in [3.8, 4) is 0 Å². The number of rotatable bonds is 3. The molecule has 110 valence electrons. The molecule has 2 atom stereocenters. The van der Waals surface area contributed by atoms with Crippen LogP contribution in [0.5, 0.6) is 0 Å². The largest absolute Gasteiger partial charge is 0.416 e. The Morgan fingerprint density at radius 1 is 1.35 bits per heavy atom. The molecule has 1 unspecified atom stereocenters. The topological polar surface area (TPSA) is 66.6 Å². The first kappa shape index (κ1) is 14.6. The Morgan fingerprint density at radius 3 is 2.45 bits per heavy atom. The minimum Gasteiger partial charge on any atom is -0.382 e. The Bertz CT molecular complexity index is 490. The van der Waals surface area contributed by atoms with Crippen LogP contribution in [-0.4, -0.2) is 34.9 Å². The second-order valence-corrected chi connectivity index (χ2v) is 4.66. The molecule has 0 aliphatic carbocycles. The van der Waals surface area contributed by atoms with Gasteiger partial charge in [-0.2, -0.15) is 13.2 Å². The van der Waals surface area contributed by atoms with Gasteiger partial charge in [0.15, 0.2) is 6.10 Å². The van der Waals surface area contributed by atoms with Crippen LogP contribution >= 0.6 is 0 Å². The van der Waals surface area contributed by atoms with Crippen molar-refractivity contribution < 1.29 is 23.2 Å². The molecule has 0 bridgehead atoms. The summed E-state index contributed by atoms with van der Waals surface area (Å²) >= 11 is 0. The maximum Gasteiger partial charge on any atom is 0.416 e. The number of aliphatic hydroxyl groups is 1. The zero-order valence-electron chi connectivity index (χ0n) is 10.4. The molecule has 0 saturated carbocycles. The number of hydrogen-bond acceptors (Lipinski definition) is 4. The summed E-state index contributed by atoms with van der Waals surface area (Å²) in [5, 5.41) is 19.9. The lowest BCUT2D eigenvalue weighted by Crippen LogP contribution is -2.47. The van der Waals surface area contributed by atoms with E-state index < -0.39 is 23.2 Å². The van der Waals surface area contributed by atoms with Crippen LogP contribution in [0.3, 0.4) is 0 Å². The normalized spacial score (nSPS) is 21.0. The number of nitrogens with zero attached hydrogens (tertiary/aromatic N) is 2. The molecule has 0 spiro atoms. The third-order valence-electron chi connectivity index (χ3n) is 3.39. The van der Waals surface area contributed by atoms with Crippen molar-refractivity contribution in [1.82, 2.24) is 0 Å². The number of hydrogen-bond donors (Lipinski definition) is 1. The number of aliphatic hydroxyl groups excluding tert-OH is 1. The minimum absolute atomic E-state index is 0.124. The number of halogens is 3. The fourth-order valence-corrected chi connectivity index (χ4v) is 2.43. The number of nitro groups is 1. The quantitative estimate of drug-likeness (QED) is 0.686. The summed E-state index contributed by atoms with van der Waals surface area (Å²) in [6.45, 7) is 0.385. The maximum atomic E-state index is 12.6. The van der Waals surface area contributed by atoms with Gasteiger partial charge in [-0.05, 0) is 25.0 Å². The molecule has 0 amide bonds. The molecule has 8 heteroatoms. The second-order valence-electron chi connectivity index (χ2n) is 4.66. The first-order chi connectivity index (χ1) is 9.30. The fraction of sp³-hybridized carbons (Fsp3) is 0.500. The van der Waals surface area contributed by atoms with E-state index in [9.17, 15) is 28.4 Å². The zero-order chi connectivity index (χ0) is 14.9. The molecule has 0 radical (unpaired) electrons. The molecular weight excluding hydrogens is 277 g/mol. The molecule has 1 aliphatic rings. The van der Waals surface area contributed by atoms with Crippen molar-refractivity contribution in [3.63, 3.8) is 0 Å². The van der Waals surface area contributed by atoms with E-state index in [1.54, 1.807) is 0 Å². The molecular formula is C12H13F3N2O3. The second kappa shape index (κ2) is 5.28. The summed E-state index contributed by atoms with van der Waals surface area (Å²) < 4.78 is 37.8. The van der Waals surface area contributed by atoms with E-state index >= 15 is 0 Å². The van der Waals surface area contributed by atoms with Gasteiger partial charge in [0, 0.05) is 24.4 Å². The number of benzene rings is 1. The SMILES string of the molecule is O=[N+]([O-])c1ccc(N2CCC[C@H]2C(O)C(F)(F)F)cc1. The lowest BCUT2D eigenvalue weighted by molar-refractivity contribution is -0.384. The molecule has 1 N–H and O–H groups in total. The third-order valence-corrected chi connectivity index (χ3v) is 3.39. The van der Waals surface area contributed by atoms with Crippen molar-refractivity contribution in [2.45, 2.75) is 31.2 Å². The van der Waals surface area contributed by atoms with Crippen molar-refractivity contribution >= 4 is 11.4 Å². The van der Waals surface area contributed by atoms with Gasteiger partial charge in [0.25, 0.3) is 5.69 Å². The van der Waals surface area contributed by atoms with Gasteiger partial charge in [0.1, 0.15) is 0 Å². The molecule has 20 heavy (non-hydrogen) atoms. The monoisotopic (exact) mass is 290 g/mol. The molecule has 1 saturated heterocycles. The smallest absolute Gasteiger partial charge is 0.382 e. The predicted octanol–water partition coefficient (Wildman–Crippen LogP) is 2.49. The molecule has 1 aromatic rings. The molecule has 1 aromatic carbocycles. The lowest BCUT2D eigenvalue weighted by Gasteiger charge is -2.31. The highest BCUT2D eigenvalue weighted by atomic mass is 19.4. The molecule has 1 fully saturated rings. The van der Waals surface area contributed by atoms with Gasteiger partial charge in [-0.3, -0.25) is 10.1 Å². The Balaban J connectivity index is 2.20. The van der Waals surface area contributed by atoms with E-state index in [2.05, 4.69) is 0 Å².